The minimum absolute atomic E-state index is 0.127. The van der Waals surface area contributed by atoms with E-state index >= 15 is 0 Å². The van der Waals surface area contributed by atoms with Gasteiger partial charge in [0.15, 0.2) is 11.9 Å². The summed E-state index contributed by atoms with van der Waals surface area (Å²) in [5.41, 5.74) is 0. The molecule has 0 spiro atoms. The van der Waals surface area contributed by atoms with Gasteiger partial charge in [-0.2, -0.15) is 5.10 Å². The average molecular weight is 271 g/mol. The Morgan fingerprint density at radius 3 is 2.58 bits per heavy atom. The van der Waals surface area contributed by atoms with Crippen molar-refractivity contribution >= 4 is 12.0 Å². The molecular weight excluding hydrogens is 254 g/mol. The number of H-pyrrole nitrogens is 1. The zero-order chi connectivity index (χ0) is 14.6. The molecule has 2 amide bonds. The summed E-state index contributed by atoms with van der Waals surface area (Å²) < 4.78 is 0. The van der Waals surface area contributed by atoms with Gasteiger partial charge in [-0.05, 0) is 13.8 Å². The van der Waals surface area contributed by atoms with Crippen molar-refractivity contribution in [3.05, 3.63) is 11.6 Å². The summed E-state index contributed by atoms with van der Waals surface area (Å²) in [4.78, 5) is 27.8. The van der Waals surface area contributed by atoms with Gasteiger partial charge < -0.3 is 20.4 Å². The molecule has 0 saturated heterocycles. The molecule has 1 heterocycles. The quantitative estimate of drug-likeness (QED) is 0.548. The maximum Gasteiger partial charge on any atom is 0.328 e. The number of aryl methyl sites for hydroxylation is 1. The smallest absolute Gasteiger partial charge is 0.328 e. The van der Waals surface area contributed by atoms with Gasteiger partial charge in [-0.15, -0.1) is 0 Å². The van der Waals surface area contributed by atoms with Crippen LogP contribution in [0.4, 0.5) is 4.79 Å². The van der Waals surface area contributed by atoms with E-state index in [0.29, 0.717) is 11.6 Å². The van der Waals surface area contributed by atoms with Gasteiger partial charge in [0, 0.05) is 7.05 Å². The number of aromatic nitrogens is 3. The first-order valence-electron chi connectivity index (χ1n) is 5.61. The number of nitrogens with one attached hydrogen (secondary N) is 2. The van der Waals surface area contributed by atoms with E-state index in [1.165, 1.54) is 18.9 Å². The van der Waals surface area contributed by atoms with Crippen LogP contribution in [0.5, 0.6) is 0 Å². The highest BCUT2D eigenvalue weighted by Crippen LogP contribution is 1.99. The zero-order valence-corrected chi connectivity index (χ0v) is 10.9. The van der Waals surface area contributed by atoms with Crippen molar-refractivity contribution in [2.75, 3.05) is 7.05 Å². The molecule has 9 nitrogen and oxygen atoms in total. The first-order valence-corrected chi connectivity index (χ1v) is 5.61. The lowest BCUT2D eigenvalue weighted by Gasteiger charge is -2.21. The summed E-state index contributed by atoms with van der Waals surface area (Å²) in [6.07, 6.45) is -1.19. The van der Waals surface area contributed by atoms with Crippen LogP contribution in [-0.2, 0) is 11.3 Å². The number of hydrogen-bond acceptors (Lipinski definition) is 5. The molecule has 1 aromatic heterocycles. The van der Waals surface area contributed by atoms with Gasteiger partial charge in [-0.1, -0.05) is 0 Å². The van der Waals surface area contributed by atoms with Crippen molar-refractivity contribution in [1.82, 2.24) is 25.4 Å². The van der Waals surface area contributed by atoms with E-state index in [4.69, 9.17) is 5.11 Å². The maximum atomic E-state index is 11.7. The fraction of sp³-hybridized carbons (Fsp3) is 0.600. The van der Waals surface area contributed by atoms with Crippen LogP contribution in [0.1, 0.15) is 18.6 Å². The molecule has 1 aromatic rings. The second kappa shape index (κ2) is 6.14. The Morgan fingerprint density at radius 1 is 1.53 bits per heavy atom. The van der Waals surface area contributed by atoms with Gasteiger partial charge in [0.2, 0.25) is 0 Å². The topological polar surface area (TPSA) is 131 Å². The molecule has 0 fully saturated rings. The molecule has 0 radical (unpaired) electrons. The number of aliphatic hydroxyl groups excluding tert-OH is 1. The second-order valence-electron chi connectivity index (χ2n) is 4.20. The Morgan fingerprint density at radius 2 is 2.16 bits per heavy atom. The summed E-state index contributed by atoms with van der Waals surface area (Å²) >= 11 is 0. The SMILES string of the molecule is Cc1nc(CN(C)C(=O)NC(C(=O)O)C(C)O)n[nH]1. The third kappa shape index (κ3) is 4.21. The number of carbonyl (C=O) groups is 2. The number of aliphatic hydroxyl groups is 1. The molecule has 0 bridgehead atoms. The van der Waals surface area contributed by atoms with Crippen LogP contribution < -0.4 is 5.32 Å². The van der Waals surface area contributed by atoms with E-state index in [1.807, 2.05) is 0 Å². The lowest BCUT2D eigenvalue weighted by atomic mass is 10.2. The van der Waals surface area contributed by atoms with E-state index in [-0.39, 0.29) is 6.54 Å². The molecule has 0 aliphatic rings. The first-order chi connectivity index (χ1) is 8.81. The Kier molecular flexibility index (Phi) is 4.81. The van der Waals surface area contributed by atoms with Gasteiger partial charge in [-0.3, -0.25) is 5.10 Å². The molecule has 1 rings (SSSR count). The van der Waals surface area contributed by atoms with E-state index < -0.39 is 24.1 Å². The van der Waals surface area contributed by atoms with E-state index in [1.54, 1.807) is 6.92 Å². The van der Waals surface area contributed by atoms with Crippen LogP contribution >= 0.6 is 0 Å². The minimum atomic E-state index is -1.36. The highest BCUT2D eigenvalue weighted by Gasteiger charge is 2.26. The molecule has 4 N–H and O–H groups in total. The van der Waals surface area contributed by atoms with Crippen molar-refractivity contribution < 1.29 is 19.8 Å². The van der Waals surface area contributed by atoms with E-state index in [9.17, 15) is 14.7 Å². The van der Waals surface area contributed by atoms with Crippen molar-refractivity contribution in [3.63, 3.8) is 0 Å². The number of carboxylic acids is 1. The fourth-order valence-electron chi connectivity index (χ4n) is 1.38. The maximum absolute atomic E-state index is 11.7. The molecule has 0 saturated carbocycles. The third-order valence-corrected chi connectivity index (χ3v) is 2.40. The lowest BCUT2D eigenvalue weighted by Crippen LogP contribution is -2.51. The summed E-state index contributed by atoms with van der Waals surface area (Å²) in [6.45, 7) is 3.14. The predicted octanol–water partition coefficient (Wildman–Crippen LogP) is -0.911. The van der Waals surface area contributed by atoms with Gasteiger partial charge in [-0.25, -0.2) is 14.6 Å². The van der Waals surface area contributed by atoms with Crippen LogP contribution in [0, 0.1) is 6.92 Å². The zero-order valence-electron chi connectivity index (χ0n) is 10.9. The molecule has 106 valence electrons. The molecule has 2 unspecified atom stereocenters. The standard InChI is InChI=1S/C10H17N5O4/c1-5(16)8(9(17)18)12-10(19)15(3)4-7-11-6(2)13-14-7/h5,8,16H,4H2,1-3H3,(H,12,19)(H,17,18)(H,11,13,14). The molecule has 0 aliphatic heterocycles. The van der Waals surface area contributed by atoms with Crippen LogP contribution in [-0.4, -0.2) is 61.5 Å². The number of carboxylic acid groups (broad SMARTS) is 1. The molecule has 19 heavy (non-hydrogen) atoms. The normalized spacial score (nSPS) is 13.7. The number of nitrogens with zero attached hydrogens (tertiary/aromatic N) is 3. The van der Waals surface area contributed by atoms with Crippen molar-refractivity contribution in [1.29, 1.82) is 0 Å². The largest absolute Gasteiger partial charge is 0.480 e. The van der Waals surface area contributed by atoms with Crippen LogP contribution in [0.25, 0.3) is 0 Å². The predicted molar refractivity (Wildman–Crippen MR) is 64.2 cm³/mol. The van der Waals surface area contributed by atoms with Crippen molar-refractivity contribution in [2.24, 2.45) is 0 Å². The number of urea groups is 1. The van der Waals surface area contributed by atoms with Crippen LogP contribution in [0.15, 0.2) is 0 Å². The molecule has 0 aromatic carbocycles. The molecular formula is C10H17N5O4. The number of carbonyl (C=O) groups excluding carboxylic acids is 1. The number of rotatable bonds is 5. The van der Waals surface area contributed by atoms with Gasteiger partial charge in [0.05, 0.1) is 12.6 Å². The van der Waals surface area contributed by atoms with Crippen molar-refractivity contribution in [3.8, 4) is 0 Å². The minimum Gasteiger partial charge on any atom is -0.480 e. The van der Waals surface area contributed by atoms with Gasteiger partial charge in [0.25, 0.3) is 0 Å². The number of aromatic amines is 1. The van der Waals surface area contributed by atoms with Crippen molar-refractivity contribution in [2.45, 2.75) is 32.5 Å². The number of aliphatic carboxylic acids is 1. The summed E-state index contributed by atoms with van der Waals surface area (Å²) in [7, 11) is 1.47. The van der Waals surface area contributed by atoms with Crippen LogP contribution in [0.3, 0.4) is 0 Å². The molecule has 0 aliphatic carbocycles. The second-order valence-corrected chi connectivity index (χ2v) is 4.20. The fourth-order valence-corrected chi connectivity index (χ4v) is 1.38. The lowest BCUT2D eigenvalue weighted by molar-refractivity contribution is -0.141. The number of amides is 2. The molecule has 9 heteroatoms. The summed E-state index contributed by atoms with van der Waals surface area (Å²) in [5, 5.41) is 26.8. The number of hydrogen-bond donors (Lipinski definition) is 4. The highest BCUT2D eigenvalue weighted by molar-refractivity contribution is 5.82. The molecule has 2 atom stereocenters. The van der Waals surface area contributed by atoms with E-state index in [0.717, 1.165) is 0 Å². The van der Waals surface area contributed by atoms with E-state index in [2.05, 4.69) is 20.5 Å². The van der Waals surface area contributed by atoms with Gasteiger partial charge >= 0.3 is 12.0 Å². The van der Waals surface area contributed by atoms with Crippen LogP contribution in [0.2, 0.25) is 0 Å². The highest BCUT2D eigenvalue weighted by atomic mass is 16.4. The Balaban J connectivity index is 2.59. The summed E-state index contributed by atoms with van der Waals surface area (Å²) in [6, 6.07) is -1.99. The Hall–Kier alpha value is -2.16. The van der Waals surface area contributed by atoms with Gasteiger partial charge in [0.1, 0.15) is 5.82 Å². The average Bonchev–Trinajstić information content (AvgIpc) is 2.70. The third-order valence-electron chi connectivity index (χ3n) is 2.40. The Labute approximate surface area is 109 Å². The summed E-state index contributed by atoms with van der Waals surface area (Å²) in [5.74, 6) is -0.263. The first kappa shape index (κ1) is 14.9. The monoisotopic (exact) mass is 271 g/mol. The Bertz CT molecular complexity index is 459.